The summed E-state index contributed by atoms with van der Waals surface area (Å²) in [6.07, 6.45) is 3.51. The molecule has 0 atom stereocenters. The molecule has 0 fully saturated rings. The lowest BCUT2D eigenvalue weighted by atomic mass is 9.85. The van der Waals surface area contributed by atoms with Crippen LogP contribution in [0.25, 0.3) is 10.8 Å². The van der Waals surface area contributed by atoms with Gasteiger partial charge in [-0.25, -0.2) is 4.39 Å². The van der Waals surface area contributed by atoms with E-state index in [-0.39, 0.29) is 11.2 Å². The molecule has 2 rings (SSSR count). The highest BCUT2D eigenvalue weighted by atomic mass is 19.1. The van der Waals surface area contributed by atoms with E-state index in [4.69, 9.17) is 4.74 Å². The number of methoxy groups -OCH3 is 1. The summed E-state index contributed by atoms with van der Waals surface area (Å²) in [5.41, 5.74) is 0.888. The third-order valence-electron chi connectivity index (χ3n) is 2.84. The van der Waals surface area contributed by atoms with E-state index < -0.39 is 0 Å². The molecule has 17 heavy (non-hydrogen) atoms. The maximum Gasteiger partial charge on any atom is 0.165 e. The lowest BCUT2D eigenvalue weighted by Crippen LogP contribution is -2.12. The molecule has 0 bridgehead atoms. The zero-order chi connectivity index (χ0) is 12.6. The van der Waals surface area contributed by atoms with Gasteiger partial charge < -0.3 is 4.74 Å². The molecule has 0 saturated heterocycles. The Morgan fingerprint density at radius 3 is 2.47 bits per heavy atom. The van der Waals surface area contributed by atoms with E-state index in [0.29, 0.717) is 5.75 Å². The van der Waals surface area contributed by atoms with Crippen molar-refractivity contribution in [1.29, 1.82) is 0 Å². The Balaban J connectivity index is 2.90. The Kier molecular flexibility index (Phi) is 2.77. The maximum atomic E-state index is 13.7. The van der Waals surface area contributed by atoms with Gasteiger partial charge in [0.1, 0.15) is 0 Å². The van der Waals surface area contributed by atoms with Gasteiger partial charge in [0, 0.05) is 23.2 Å². The van der Waals surface area contributed by atoms with Crippen molar-refractivity contribution >= 4 is 10.8 Å². The smallest absolute Gasteiger partial charge is 0.165 e. The molecule has 90 valence electrons. The fraction of sp³-hybridized carbons (Fsp3) is 0.357. The number of rotatable bonds is 1. The number of hydrogen-bond donors (Lipinski definition) is 0. The molecule has 0 aliphatic heterocycles. The molecule has 0 spiro atoms. The van der Waals surface area contributed by atoms with Crippen molar-refractivity contribution in [1.82, 2.24) is 4.98 Å². The average Bonchev–Trinajstić information content (AvgIpc) is 2.27. The largest absolute Gasteiger partial charge is 0.493 e. The van der Waals surface area contributed by atoms with Gasteiger partial charge in [-0.3, -0.25) is 4.98 Å². The zero-order valence-corrected chi connectivity index (χ0v) is 10.5. The van der Waals surface area contributed by atoms with Gasteiger partial charge in [0.15, 0.2) is 11.6 Å². The van der Waals surface area contributed by atoms with Gasteiger partial charge in [-0.1, -0.05) is 20.8 Å². The molecule has 1 aromatic heterocycles. The minimum atomic E-state index is -0.336. The lowest BCUT2D eigenvalue weighted by molar-refractivity contribution is 0.391. The molecule has 1 aromatic carbocycles. The van der Waals surface area contributed by atoms with Gasteiger partial charge in [-0.2, -0.15) is 0 Å². The van der Waals surface area contributed by atoms with Crippen LogP contribution in [0.1, 0.15) is 26.3 Å². The predicted molar refractivity (Wildman–Crippen MR) is 67.0 cm³/mol. The number of pyridine rings is 1. The van der Waals surface area contributed by atoms with Crippen LogP contribution in [0.15, 0.2) is 24.5 Å². The third-order valence-corrected chi connectivity index (χ3v) is 2.84. The standard InChI is InChI=1S/C14H16FNO/c1-14(2,3)10-8-16-7-9-5-6-11(15)13(17-4)12(9)10/h5-8H,1-4H3. The average molecular weight is 233 g/mol. The summed E-state index contributed by atoms with van der Waals surface area (Å²) in [7, 11) is 1.49. The number of nitrogens with zero attached hydrogens (tertiary/aromatic N) is 1. The van der Waals surface area contributed by atoms with Gasteiger partial charge in [-0.05, 0) is 23.1 Å². The third kappa shape index (κ3) is 1.97. The monoisotopic (exact) mass is 233 g/mol. The summed E-state index contributed by atoms with van der Waals surface area (Å²) in [4.78, 5) is 4.21. The second-order valence-electron chi connectivity index (χ2n) is 5.12. The molecule has 2 nitrogen and oxygen atoms in total. The van der Waals surface area contributed by atoms with Crippen molar-refractivity contribution in [2.75, 3.05) is 7.11 Å². The molecule has 2 aromatic rings. The van der Waals surface area contributed by atoms with Gasteiger partial charge in [0.2, 0.25) is 0 Å². The van der Waals surface area contributed by atoms with Crippen LogP contribution in [0.2, 0.25) is 0 Å². The molecule has 3 heteroatoms. The van der Waals surface area contributed by atoms with Crippen molar-refractivity contribution in [2.24, 2.45) is 0 Å². The van der Waals surface area contributed by atoms with E-state index in [9.17, 15) is 4.39 Å². The molecular formula is C14H16FNO. The van der Waals surface area contributed by atoms with Crippen molar-refractivity contribution < 1.29 is 9.13 Å². The van der Waals surface area contributed by atoms with Crippen molar-refractivity contribution in [3.63, 3.8) is 0 Å². The second-order valence-corrected chi connectivity index (χ2v) is 5.12. The number of ether oxygens (including phenoxy) is 1. The highest BCUT2D eigenvalue weighted by molar-refractivity contribution is 5.91. The highest BCUT2D eigenvalue weighted by Crippen LogP contribution is 2.36. The van der Waals surface area contributed by atoms with Crippen LogP contribution in [0.4, 0.5) is 4.39 Å². The minimum absolute atomic E-state index is 0.104. The van der Waals surface area contributed by atoms with Gasteiger partial charge in [0.05, 0.1) is 7.11 Å². The van der Waals surface area contributed by atoms with Crippen LogP contribution in [0.5, 0.6) is 5.75 Å². The van der Waals surface area contributed by atoms with E-state index in [1.165, 1.54) is 13.2 Å². The molecule has 0 aliphatic carbocycles. The second kappa shape index (κ2) is 3.99. The normalized spacial score (nSPS) is 11.8. The van der Waals surface area contributed by atoms with Crippen molar-refractivity contribution in [3.05, 3.63) is 35.9 Å². The van der Waals surface area contributed by atoms with Crippen LogP contribution in [-0.2, 0) is 5.41 Å². The number of benzene rings is 1. The number of fused-ring (bicyclic) bond motifs is 1. The maximum absolute atomic E-state index is 13.7. The van der Waals surface area contributed by atoms with Gasteiger partial charge in [-0.15, -0.1) is 0 Å². The summed E-state index contributed by atoms with van der Waals surface area (Å²) < 4.78 is 18.9. The molecule has 0 saturated carbocycles. The highest BCUT2D eigenvalue weighted by Gasteiger charge is 2.21. The van der Waals surface area contributed by atoms with Crippen molar-refractivity contribution in [3.8, 4) is 5.75 Å². The predicted octanol–water partition coefficient (Wildman–Crippen LogP) is 3.68. The fourth-order valence-electron chi connectivity index (χ4n) is 1.98. The summed E-state index contributed by atoms with van der Waals surface area (Å²) in [6, 6.07) is 3.14. The minimum Gasteiger partial charge on any atom is -0.493 e. The first-order chi connectivity index (χ1) is 7.95. The molecule has 0 unspecified atom stereocenters. The Morgan fingerprint density at radius 2 is 1.88 bits per heavy atom. The summed E-state index contributed by atoms with van der Waals surface area (Å²) in [5, 5.41) is 1.71. The Bertz CT molecular complexity index is 558. The van der Waals surface area contributed by atoms with E-state index >= 15 is 0 Å². The molecule has 0 aliphatic rings. The number of halogens is 1. The number of hydrogen-bond acceptors (Lipinski definition) is 2. The van der Waals surface area contributed by atoms with Crippen LogP contribution < -0.4 is 4.74 Å². The van der Waals surface area contributed by atoms with E-state index in [1.54, 1.807) is 18.5 Å². The Hall–Kier alpha value is -1.64. The van der Waals surface area contributed by atoms with Crippen LogP contribution in [0, 0.1) is 5.82 Å². The number of aromatic nitrogens is 1. The molecule has 0 N–H and O–H groups in total. The van der Waals surface area contributed by atoms with E-state index in [1.807, 2.05) is 0 Å². The van der Waals surface area contributed by atoms with E-state index in [2.05, 4.69) is 25.8 Å². The Labute approximate surface area is 100 Å². The molecule has 0 radical (unpaired) electrons. The summed E-state index contributed by atoms with van der Waals surface area (Å²) >= 11 is 0. The van der Waals surface area contributed by atoms with Crippen LogP contribution in [0.3, 0.4) is 0 Å². The van der Waals surface area contributed by atoms with E-state index in [0.717, 1.165) is 16.3 Å². The summed E-state index contributed by atoms with van der Waals surface area (Å²) in [6.45, 7) is 6.23. The first kappa shape index (κ1) is 11.8. The Morgan fingerprint density at radius 1 is 1.18 bits per heavy atom. The molecule has 0 amide bonds. The van der Waals surface area contributed by atoms with Crippen molar-refractivity contribution in [2.45, 2.75) is 26.2 Å². The lowest BCUT2D eigenvalue weighted by Gasteiger charge is -2.22. The fourth-order valence-corrected chi connectivity index (χ4v) is 1.98. The first-order valence-corrected chi connectivity index (χ1v) is 5.56. The first-order valence-electron chi connectivity index (χ1n) is 5.56. The SMILES string of the molecule is COc1c(F)ccc2cncc(C(C)(C)C)c12. The van der Waals surface area contributed by atoms with Crippen LogP contribution >= 0.6 is 0 Å². The molecule has 1 heterocycles. The zero-order valence-electron chi connectivity index (χ0n) is 10.5. The topological polar surface area (TPSA) is 22.1 Å². The van der Waals surface area contributed by atoms with Gasteiger partial charge in [0.25, 0.3) is 0 Å². The molecular weight excluding hydrogens is 217 g/mol. The quantitative estimate of drug-likeness (QED) is 0.749. The van der Waals surface area contributed by atoms with Crippen LogP contribution in [-0.4, -0.2) is 12.1 Å². The summed E-state index contributed by atoms with van der Waals surface area (Å²) in [5.74, 6) is -0.0356. The van der Waals surface area contributed by atoms with Gasteiger partial charge >= 0.3 is 0 Å².